The van der Waals surface area contributed by atoms with Gasteiger partial charge < -0.3 is 29.3 Å². The number of carboxylic acids is 2. The zero-order valence-corrected chi connectivity index (χ0v) is 9.78. The lowest BCUT2D eigenvalue weighted by molar-refractivity contribution is -0.170. The lowest BCUT2D eigenvalue weighted by Gasteiger charge is -2.21. The first-order chi connectivity index (χ1) is 7.46. The van der Waals surface area contributed by atoms with E-state index in [4.69, 9.17) is 19.8 Å². The van der Waals surface area contributed by atoms with Crippen molar-refractivity contribution in [2.75, 3.05) is 0 Å². The normalized spacial score (nSPS) is 14.8. The fourth-order valence-electron chi connectivity index (χ4n) is 0.954. The van der Waals surface area contributed by atoms with Crippen LogP contribution in [0.5, 0.6) is 0 Å². The number of carbonyl (C=O) groups is 3. The number of carbonyl (C=O) groups excluding carboxylic acids is 1. The van der Waals surface area contributed by atoms with E-state index in [1.165, 1.54) is 0 Å². The van der Waals surface area contributed by atoms with Gasteiger partial charge in [-0.2, -0.15) is 0 Å². The smallest absolute Gasteiger partial charge is 0.481 e. The molecule has 9 nitrogen and oxygen atoms in total. The summed E-state index contributed by atoms with van der Waals surface area (Å²) in [5.74, 6) is -4.96. The third-order valence-electron chi connectivity index (χ3n) is 1.59. The Hall–Kier alpha value is -1.49. The molecule has 0 aliphatic carbocycles. The quantitative estimate of drug-likeness (QED) is 0.335. The molecule has 0 aliphatic rings. The molecular weight excluding hydrogens is 256 g/mol. The van der Waals surface area contributed by atoms with Crippen LogP contribution in [0.4, 0.5) is 0 Å². The van der Waals surface area contributed by atoms with Gasteiger partial charge in [0, 0.05) is 6.55 Å². The predicted octanol–water partition coefficient (Wildman–Crippen LogP) is -2.24. The summed E-state index contributed by atoms with van der Waals surface area (Å²) in [6.45, 7) is 0.821. The van der Waals surface area contributed by atoms with Crippen molar-refractivity contribution >= 4 is 26.7 Å². The van der Waals surface area contributed by atoms with Gasteiger partial charge >= 0.3 is 20.7 Å². The predicted molar refractivity (Wildman–Crippen MR) is 51.6 cm³/mol. The highest BCUT2D eigenvalue weighted by atomic mass is 28.4. The number of hydrogen-bond donors (Lipinski definition) is 5. The topological polar surface area (TPSA) is 162 Å². The molecule has 0 fully saturated rings. The molecule has 0 radical (unpaired) electrons. The van der Waals surface area contributed by atoms with Crippen molar-refractivity contribution in [3.63, 3.8) is 0 Å². The number of hydrogen-bond acceptors (Lipinski definition) is 7. The van der Waals surface area contributed by atoms with Crippen molar-refractivity contribution in [1.29, 1.82) is 0 Å². The average Bonchev–Trinajstić information content (AvgIpc) is 1.96. The summed E-state index contributed by atoms with van der Waals surface area (Å²) in [6, 6.07) is 0. The molecule has 0 heterocycles. The Morgan fingerprint density at radius 2 is 1.65 bits per heavy atom. The first-order valence-electron chi connectivity index (χ1n) is 4.30. The Morgan fingerprint density at radius 1 is 1.18 bits per heavy atom. The Kier molecular flexibility index (Phi) is 4.77. The molecule has 1 atom stereocenters. The van der Waals surface area contributed by atoms with Crippen molar-refractivity contribution in [2.45, 2.75) is 25.0 Å². The summed E-state index contributed by atoms with van der Waals surface area (Å²) in [5, 5.41) is 26.4. The summed E-state index contributed by atoms with van der Waals surface area (Å²) < 4.78 is 4.06. The SMILES string of the molecule is C[Si](O)(O)OC(=O)CC(O)(CC(=O)O)C(=O)O. The van der Waals surface area contributed by atoms with Gasteiger partial charge in [-0.15, -0.1) is 0 Å². The molecule has 98 valence electrons. The van der Waals surface area contributed by atoms with Gasteiger partial charge in [0.05, 0.1) is 12.8 Å². The van der Waals surface area contributed by atoms with Gasteiger partial charge in [0.25, 0.3) is 5.97 Å². The first kappa shape index (κ1) is 15.5. The molecule has 0 aromatic rings. The van der Waals surface area contributed by atoms with Gasteiger partial charge in [-0.1, -0.05) is 0 Å². The van der Waals surface area contributed by atoms with Gasteiger partial charge in [0.2, 0.25) is 0 Å². The van der Waals surface area contributed by atoms with Crippen LogP contribution in [0.15, 0.2) is 0 Å². The Morgan fingerprint density at radius 3 is 1.94 bits per heavy atom. The molecular formula is C7H12O9Si. The highest BCUT2D eigenvalue weighted by Gasteiger charge is 2.43. The van der Waals surface area contributed by atoms with Crippen LogP contribution in [0.3, 0.4) is 0 Å². The minimum Gasteiger partial charge on any atom is -0.481 e. The number of rotatable bonds is 6. The summed E-state index contributed by atoms with van der Waals surface area (Å²) in [5.41, 5.74) is -2.84. The van der Waals surface area contributed by atoms with Crippen molar-refractivity contribution in [3.8, 4) is 0 Å². The van der Waals surface area contributed by atoms with Crippen molar-refractivity contribution in [1.82, 2.24) is 0 Å². The maximum Gasteiger partial charge on any atom is 0.559 e. The third-order valence-corrected chi connectivity index (χ3v) is 2.20. The second kappa shape index (κ2) is 5.22. The fourth-order valence-corrected chi connectivity index (χ4v) is 1.46. The van der Waals surface area contributed by atoms with E-state index in [-0.39, 0.29) is 0 Å². The molecule has 0 rings (SSSR count). The van der Waals surface area contributed by atoms with Crippen LogP contribution in [-0.2, 0) is 18.8 Å². The Labute approximate surface area is 96.2 Å². The maximum absolute atomic E-state index is 11.0. The monoisotopic (exact) mass is 268 g/mol. The van der Waals surface area contributed by atoms with Crippen LogP contribution in [0.2, 0.25) is 6.55 Å². The zero-order valence-electron chi connectivity index (χ0n) is 8.78. The average molecular weight is 268 g/mol. The summed E-state index contributed by atoms with van der Waals surface area (Å²) in [6.07, 6.45) is -2.41. The van der Waals surface area contributed by atoms with Gasteiger partial charge in [0.1, 0.15) is 0 Å². The van der Waals surface area contributed by atoms with E-state index in [1.807, 2.05) is 0 Å². The minimum atomic E-state index is -4.20. The van der Waals surface area contributed by atoms with E-state index in [0.29, 0.717) is 0 Å². The molecule has 0 aromatic heterocycles. The largest absolute Gasteiger partial charge is 0.559 e. The maximum atomic E-state index is 11.0. The van der Waals surface area contributed by atoms with Crippen LogP contribution < -0.4 is 0 Å². The summed E-state index contributed by atoms with van der Waals surface area (Å²) in [4.78, 5) is 49.6. The number of aliphatic hydroxyl groups is 1. The van der Waals surface area contributed by atoms with E-state index in [9.17, 15) is 19.5 Å². The highest BCUT2D eigenvalue weighted by Crippen LogP contribution is 2.17. The molecule has 0 amide bonds. The standard InChI is InChI=1S/C7H12O9Si/c1-17(14,15)16-5(10)3-7(13,6(11)12)2-4(8)9/h13-15H,2-3H2,1H3,(H,8,9)(H,11,12). The third kappa shape index (κ3) is 5.96. The second-order valence-corrected chi connectivity index (χ2v) is 5.56. The fraction of sp³-hybridized carbons (Fsp3) is 0.571. The zero-order chi connectivity index (χ0) is 13.9. The highest BCUT2D eigenvalue weighted by molar-refractivity contribution is 6.58. The number of carboxylic acid groups (broad SMARTS) is 2. The van der Waals surface area contributed by atoms with E-state index in [2.05, 4.69) is 4.43 Å². The molecule has 17 heavy (non-hydrogen) atoms. The van der Waals surface area contributed by atoms with Crippen LogP contribution in [-0.4, -0.2) is 57.2 Å². The lowest BCUT2D eigenvalue weighted by atomic mass is 9.96. The van der Waals surface area contributed by atoms with Crippen molar-refractivity contribution in [3.05, 3.63) is 0 Å². The van der Waals surface area contributed by atoms with E-state index < -0.39 is 45.2 Å². The van der Waals surface area contributed by atoms with Crippen LogP contribution in [0.25, 0.3) is 0 Å². The van der Waals surface area contributed by atoms with E-state index in [1.54, 1.807) is 0 Å². The second-order valence-electron chi connectivity index (χ2n) is 3.49. The van der Waals surface area contributed by atoms with Gasteiger partial charge in [-0.05, 0) is 0 Å². The van der Waals surface area contributed by atoms with Gasteiger partial charge in [0.15, 0.2) is 5.60 Å². The van der Waals surface area contributed by atoms with Gasteiger partial charge in [-0.3, -0.25) is 9.59 Å². The Balaban J connectivity index is 4.72. The summed E-state index contributed by atoms with van der Waals surface area (Å²) >= 11 is 0. The molecule has 1 unspecified atom stereocenters. The molecule has 0 aliphatic heterocycles. The molecule has 0 aromatic carbocycles. The van der Waals surface area contributed by atoms with E-state index >= 15 is 0 Å². The molecule has 10 heteroatoms. The van der Waals surface area contributed by atoms with Crippen LogP contribution >= 0.6 is 0 Å². The van der Waals surface area contributed by atoms with Crippen molar-refractivity contribution < 1.29 is 43.7 Å². The summed E-state index contributed by atoms with van der Waals surface area (Å²) in [7, 11) is -4.20. The molecule has 5 N–H and O–H groups in total. The molecule has 0 bridgehead atoms. The molecule has 0 saturated carbocycles. The minimum absolute atomic E-state index is 0.821. The lowest BCUT2D eigenvalue weighted by Crippen LogP contribution is -2.45. The van der Waals surface area contributed by atoms with Crippen molar-refractivity contribution in [2.24, 2.45) is 0 Å². The molecule has 0 saturated heterocycles. The van der Waals surface area contributed by atoms with Crippen LogP contribution in [0.1, 0.15) is 12.8 Å². The van der Waals surface area contributed by atoms with Crippen LogP contribution in [0, 0.1) is 0 Å². The van der Waals surface area contributed by atoms with E-state index in [0.717, 1.165) is 6.55 Å². The first-order valence-corrected chi connectivity index (χ1v) is 6.61. The van der Waals surface area contributed by atoms with Gasteiger partial charge in [-0.25, -0.2) is 4.79 Å². The molecule has 0 spiro atoms. The number of aliphatic carboxylic acids is 2. The Bertz CT molecular complexity index is 333.